The second-order valence-corrected chi connectivity index (χ2v) is 4.45. The minimum atomic E-state index is 0.504. The fraction of sp³-hybridized carbons (Fsp3) is 1.00. The molecule has 2 aliphatic heterocycles. The van der Waals surface area contributed by atoms with E-state index in [9.17, 15) is 0 Å². The highest BCUT2D eigenvalue weighted by molar-refractivity contribution is 4.73. The van der Waals surface area contributed by atoms with Crippen LogP contribution in [-0.2, 0) is 9.47 Å². The largest absolute Gasteiger partial charge is 0.381 e. The Morgan fingerprint density at radius 2 is 2.08 bits per heavy atom. The van der Waals surface area contributed by atoms with Gasteiger partial charge in [-0.25, -0.2) is 0 Å². The van der Waals surface area contributed by atoms with Crippen molar-refractivity contribution < 1.29 is 9.47 Å². The number of ether oxygens (including phenoxy) is 2. The average molecular weight is 184 g/mol. The average Bonchev–Trinajstić information content (AvgIpc) is 2.71. The smallest absolute Gasteiger partial charge is 0.0579 e. The normalized spacial score (nSPS) is 39.9. The zero-order chi connectivity index (χ0) is 9.10. The number of rotatable bonds is 3. The van der Waals surface area contributed by atoms with E-state index in [0.29, 0.717) is 12.2 Å². The van der Waals surface area contributed by atoms with E-state index in [1.807, 2.05) is 0 Å². The van der Waals surface area contributed by atoms with Crippen molar-refractivity contribution in [1.29, 1.82) is 0 Å². The summed E-state index contributed by atoms with van der Waals surface area (Å²) in [4.78, 5) is 0. The fourth-order valence-electron chi connectivity index (χ4n) is 2.33. The van der Waals surface area contributed by atoms with E-state index < -0.39 is 0 Å². The Bertz CT molecular complexity index is 152. The molecule has 2 nitrogen and oxygen atoms in total. The number of hydrogen-bond donors (Lipinski definition) is 0. The lowest BCUT2D eigenvalue weighted by Crippen LogP contribution is -2.10. The zero-order valence-electron chi connectivity index (χ0n) is 8.50. The van der Waals surface area contributed by atoms with Crippen molar-refractivity contribution in [3.05, 3.63) is 0 Å². The molecular weight excluding hydrogens is 164 g/mol. The van der Waals surface area contributed by atoms with Crippen molar-refractivity contribution in [3.63, 3.8) is 0 Å². The first kappa shape index (κ1) is 9.47. The molecule has 3 atom stereocenters. The molecule has 0 N–H and O–H groups in total. The molecule has 0 spiro atoms. The predicted molar refractivity (Wildman–Crippen MR) is 51.7 cm³/mol. The molecule has 0 bridgehead atoms. The summed E-state index contributed by atoms with van der Waals surface area (Å²) >= 11 is 0. The lowest BCUT2D eigenvalue weighted by atomic mass is 9.99. The Kier molecular flexibility index (Phi) is 3.23. The monoisotopic (exact) mass is 184 g/mol. The maximum Gasteiger partial charge on any atom is 0.0579 e. The second-order valence-electron chi connectivity index (χ2n) is 4.45. The van der Waals surface area contributed by atoms with Gasteiger partial charge in [0.05, 0.1) is 12.2 Å². The van der Waals surface area contributed by atoms with Crippen LogP contribution >= 0.6 is 0 Å². The molecule has 0 saturated carbocycles. The van der Waals surface area contributed by atoms with Gasteiger partial charge in [0.2, 0.25) is 0 Å². The Hall–Kier alpha value is -0.0800. The summed E-state index contributed by atoms with van der Waals surface area (Å²) in [5, 5.41) is 0. The van der Waals surface area contributed by atoms with Crippen LogP contribution in [0.4, 0.5) is 0 Å². The predicted octanol–water partition coefficient (Wildman–Crippen LogP) is 2.37. The molecular formula is C11H20O2. The molecule has 2 heterocycles. The molecule has 76 valence electrons. The highest BCUT2D eigenvalue weighted by atomic mass is 16.5. The Balaban J connectivity index is 1.62. The second kappa shape index (κ2) is 4.43. The van der Waals surface area contributed by atoms with Gasteiger partial charge in [-0.05, 0) is 44.9 Å². The van der Waals surface area contributed by atoms with Crippen LogP contribution in [0.3, 0.4) is 0 Å². The topological polar surface area (TPSA) is 18.5 Å². The molecule has 2 aliphatic rings. The minimum Gasteiger partial charge on any atom is -0.381 e. The van der Waals surface area contributed by atoms with Crippen molar-refractivity contribution in [3.8, 4) is 0 Å². The van der Waals surface area contributed by atoms with Gasteiger partial charge in [-0.2, -0.15) is 0 Å². The summed E-state index contributed by atoms with van der Waals surface area (Å²) in [5.41, 5.74) is 0. The van der Waals surface area contributed by atoms with Crippen molar-refractivity contribution in [2.75, 3.05) is 13.2 Å². The lowest BCUT2D eigenvalue weighted by Gasteiger charge is -2.13. The first-order valence-corrected chi connectivity index (χ1v) is 5.58. The van der Waals surface area contributed by atoms with E-state index >= 15 is 0 Å². The third kappa shape index (κ3) is 2.68. The Morgan fingerprint density at radius 1 is 1.15 bits per heavy atom. The van der Waals surface area contributed by atoms with E-state index in [0.717, 1.165) is 19.1 Å². The molecule has 2 heteroatoms. The van der Waals surface area contributed by atoms with Crippen LogP contribution < -0.4 is 0 Å². The van der Waals surface area contributed by atoms with E-state index in [2.05, 4.69) is 6.92 Å². The van der Waals surface area contributed by atoms with E-state index in [1.54, 1.807) is 0 Å². The van der Waals surface area contributed by atoms with Crippen molar-refractivity contribution in [1.82, 2.24) is 0 Å². The van der Waals surface area contributed by atoms with Crippen LogP contribution in [0.1, 0.15) is 39.0 Å². The molecule has 2 rings (SSSR count). The van der Waals surface area contributed by atoms with Gasteiger partial charge in [0.25, 0.3) is 0 Å². The van der Waals surface area contributed by atoms with Gasteiger partial charge in [0, 0.05) is 13.2 Å². The molecule has 2 saturated heterocycles. The van der Waals surface area contributed by atoms with Gasteiger partial charge in [-0.3, -0.25) is 0 Å². The van der Waals surface area contributed by atoms with Crippen LogP contribution in [0.25, 0.3) is 0 Å². The van der Waals surface area contributed by atoms with Crippen LogP contribution in [0, 0.1) is 5.92 Å². The van der Waals surface area contributed by atoms with Crippen LogP contribution in [0.15, 0.2) is 0 Å². The first-order valence-electron chi connectivity index (χ1n) is 5.58. The standard InChI is InChI=1S/C11H20O2/c1-9-2-4-11(13-9)5-3-10-6-7-12-8-10/h9-11H,2-8H2,1H3. The molecule has 0 aliphatic carbocycles. The molecule has 0 amide bonds. The Morgan fingerprint density at radius 3 is 2.69 bits per heavy atom. The lowest BCUT2D eigenvalue weighted by molar-refractivity contribution is 0.0466. The summed E-state index contributed by atoms with van der Waals surface area (Å²) in [7, 11) is 0. The fourth-order valence-corrected chi connectivity index (χ4v) is 2.33. The van der Waals surface area contributed by atoms with Gasteiger partial charge in [0.15, 0.2) is 0 Å². The van der Waals surface area contributed by atoms with Gasteiger partial charge >= 0.3 is 0 Å². The Labute approximate surface area is 80.6 Å². The third-order valence-electron chi connectivity index (χ3n) is 3.24. The molecule has 0 aromatic carbocycles. The van der Waals surface area contributed by atoms with Crippen molar-refractivity contribution in [2.45, 2.75) is 51.2 Å². The zero-order valence-corrected chi connectivity index (χ0v) is 8.50. The van der Waals surface area contributed by atoms with Gasteiger partial charge in [0.1, 0.15) is 0 Å². The van der Waals surface area contributed by atoms with E-state index in [4.69, 9.17) is 9.47 Å². The van der Waals surface area contributed by atoms with Crippen LogP contribution in [0.5, 0.6) is 0 Å². The van der Waals surface area contributed by atoms with Crippen molar-refractivity contribution in [2.24, 2.45) is 5.92 Å². The SMILES string of the molecule is CC1CCC(CCC2CCOC2)O1. The summed E-state index contributed by atoms with van der Waals surface area (Å²) in [6.07, 6.45) is 7.40. The number of hydrogen-bond acceptors (Lipinski definition) is 2. The molecule has 3 unspecified atom stereocenters. The highest BCUT2D eigenvalue weighted by Gasteiger charge is 2.23. The van der Waals surface area contributed by atoms with Crippen molar-refractivity contribution >= 4 is 0 Å². The third-order valence-corrected chi connectivity index (χ3v) is 3.24. The van der Waals surface area contributed by atoms with Crippen LogP contribution in [-0.4, -0.2) is 25.4 Å². The minimum absolute atomic E-state index is 0.504. The summed E-state index contributed by atoms with van der Waals surface area (Å²) in [6, 6.07) is 0. The molecule has 13 heavy (non-hydrogen) atoms. The molecule has 0 radical (unpaired) electrons. The molecule has 0 aromatic heterocycles. The molecule has 2 fully saturated rings. The maximum absolute atomic E-state index is 5.78. The van der Waals surface area contributed by atoms with Gasteiger partial charge < -0.3 is 9.47 Å². The van der Waals surface area contributed by atoms with E-state index in [1.165, 1.54) is 32.1 Å². The summed E-state index contributed by atoms with van der Waals surface area (Å²) in [5.74, 6) is 0.819. The van der Waals surface area contributed by atoms with Gasteiger partial charge in [-0.1, -0.05) is 0 Å². The first-order chi connectivity index (χ1) is 6.34. The van der Waals surface area contributed by atoms with Gasteiger partial charge in [-0.15, -0.1) is 0 Å². The maximum atomic E-state index is 5.78. The van der Waals surface area contributed by atoms with Crippen LogP contribution in [0.2, 0.25) is 0 Å². The highest BCUT2D eigenvalue weighted by Crippen LogP contribution is 2.26. The quantitative estimate of drug-likeness (QED) is 0.670. The molecule has 0 aromatic rings. The summed E-state index contributed by atoms with van der Waals surface area (Å²) in [6.45, 7) is 4.15. The summed E-state index contributed by atoms with van der Waals surface area (Å²) < 4.78 is 11.1. The van der Waals surface area contributed by atoms with E-state index in [-0.39, 0.29) is 0 Å².